The van der Waals surface area contributed by atoms with Crippen LogP contribution in [0.5, 0.6) is 0 Å². The standard InChI is InChI=1S/C12H14N4O2/c1-15(2)14-11(17)7-16-8-13-10-6-4-3-5-9(10)12(16)18/h3-6,8H,7H2,1-2H3,(H,14,17). The van der Waals surface area contributed by atoms with Gasteiger partial charge in [0, 0.05) is 14.1 Å². The van der Waals surface area contributed by atoms with Crippen molar-refractivity contribution in [2.75, 3.05) is 14.1 Å². The number of hydrazine groups is 1. The zero-order chi connectivity index (χ0) is 13.1. The number of nitrogens with one attached hydrogen (secondary N) is 1. The highest BCUT2D eigenvalue weighted by Crippen LogP contribution is 2.04. The molecule has 0 atom stereocenters. The molecule has 0 aliphatic heterocycles. The molecular formula is C12H14N4O2. The fraction of sp³-hybridized carbons (Fsp3) is 0.250. The highest BCUT2D eigenvalue weighted by molar-refractivity contribution is 5.78. The lowest BCUT2D eigenvalue weighted by atomic mass is 10.2. The van der Waals surface area contributed by atoms with E-state index in [1.807, 2.05) is 6.07 Å². The molecular weight excluding hydrogens is 232 g/mol. The zero-order valence-electron chi connectivity index (χ0n) is 10.3. The predicted molar refractivity (Wildman–Crippen MR) is 67.8 cm³/mol. The molecule has 2 rings (SSSR count). The van der Waals surface area contributed by atoms with Crippen LogP contribution in [0.25, 0.3) is 10.9 Å². The summed E-state index contributed by atoms with van der Waals surface area (Å²) < 4.78 is 1.29. The smallest absolute Gasteiger partial charge is 0.261 e. The van der Waals surface area contributed by atoms with Gasteiger partial charge in [0.15, 0.2) is 0 Å². The third-order valence-corrected chi connectivity index (χ3v) is 2.39. The maximum atomic E-state index is 12.1. The third-order valence-electron chi connectivity index (χ3n) is 2.39. The largest absolute Gasteiger partial charge is 0.289 e. The van der Waals surface area contributed by atoms with Crippen molar-refractivity contribution in [2.24, 2.45) is 0 Å². The molecule has 1 amide bonds. The van der Waals surface area contributed by atoms with Gasteiger partial charge in [-0.15, -0.1) is 0 Å². The number of amides is 1. The van der Waals surface area contributed by atoms with E-state index < -0.39 is 0 Å². The molecule has 18 heavy (non-hydrogen) atoms. The molecule has 94 valence electrons. The Hall–Kier alpha value is -2.21. The molecule has 0 aliphatic rings. The van der Waals surface area contributed by atoms with Gasteiger partial charge in [0.2, 0.25) is 0 Å². The van der Waals surface area contributed by atoms with Crippen LogP contribution in [0.1, 0.15) is 0 Å². The van der Waals surface area contributed by atoms with E-state index in [9.17, 15) is 9.59 Å². The van der Waals surface area contributed by atoms with Crippen LogP contribution in [0.2, 0.25) is 0 Å². The van der Waals surface area contributed by atoms with E-state index in [2.05, 4.69) is 10.4 Å². The van der Waals surface area contributed by atoms with E-state index in [0.29, 0.717) is 10.9 Å². The van der Waals surface area contributed by atoms with Gasteiger partial charge in [-0.25, -0.2) is 9.99 Å². The van der Waals surface area contributed by atoms with Crippen LogP contribution in [-0.4, -0.2) is 34.6 Å². The molecule has 0 saturated carbocycles. The van der Waals surface area contributed by atoms with Gasteiger partial charge in [-0.2, -0.15) is 0 Å². The monoisotopic (exact) mass is 246 g/mol. The van der Waals surface area contributed by atoms with Gasteiger partial charge in [-0.1, -0.05) is 12.1 Å². The molecule has 1 heterocycles. The quantitative estimate of drug-likeness (QED) is 0.773. The first kappa shape index (κ1) is 12.3. The summed E-state index contributed by atoms with van der Waals surface area (Å²) in [6, 6.07) is 7.06. The molecule has 0 bridgehead atoms. The van der Waals surface area contributed by atoms with Crippen molar-refractivity contribution in [3.8, 4) is 0 Å². The number of hydrogen-bond acceptors (Lipinski definition) is 4. The minimum Gasteiger partial charge on any atom is -0.289 e. The number of fused-ring (bicyclic) bond motifs is 1. The Balaban J connectivity index is 2.32. The lowest BCUT2D eigenvalue weighted by Gasteiger charge is -2.12. The summed E-state index contributed by atoms with van der Waals surface area (Å²) in [5, 5.41) is 2.04. The molecule has 0 radical (unpaired) electrons. The highest BCUT2D eigenvalue weighted by atomic mass is 16.2. The number of nitrogens with zero attached hydrogens (tertiary/aromatic N) is 3. The second-order valence-electron chi connectivity index (χ2n) is 4.12. The average Bonchev–Trinajstić information content (AvgIpc) is 2.32. The fourth-order valence-corrected chi connectivity index (χ4v) is 1.66. The van der Waals surface area contributed by atoms with Gasteiger partial charge in [-0.05, 0) is 12.1 Å². The number of para-hydroxylation sites is 1. The van der Waals surface area contributed by atoms with Crippen molar-refractivity contribution in [1.29, 1.82) is 0 Å². The van der Waals surface area contributed by atoms with Crippen molar-refractivity contribution in [1.82, 2.24) is 20.0 Å². The van der Waals surface area contributed by atoms with Crippen LogP contribution < -0.4 is 11.0 Å². The summed E-state index contributed by atoms with van der Waals surface area (Å²) in [6.45, 7) is -0.0468. The first-order valence-corrected chi connectivity index (χ1v) is 5.49. The van der Waals surface area contributed by atoms with E-state index in [-0.39, 0.29) is 18.0 Å². The second-order valence-corrected chi connectivity index (χ2v) is 4.12. The van der Waals surface area contributed by atoms with E-state index in [1.54, 1.807) is 32.3 Å². The molecule has 2 aromatic rings. The van der Waals surface area contributed by atoms with E-state index in [4.69, 9.17) is 0 Å². The molecule has 6 heteroatoms. The molecule has 0 spiro atoms. The van der Waals surface area contributed by atoms with E-state index in [0.717, 1.165) is 0 Å². The van der Waals surface area contributed by atoms with Crippen molar-refractivity contribution in [2.45, 2.75) is 6.54 Å². The van der Waals surface area contributed by atoms with E-state index >= 15 is 0 Å². The Morgan fingerprint density at radius 3 is 2.83 bits per heavy atom. The average molecular weight is 246 g/mol. The van der Waals surface area contributed by atoms with Crippen molar-refractivity contribution < 1.29 is 4.79 Å². The number of carbonyl (C=O) groups is 1. The molecule has 1 aromatic carbocycles. The van der Waals surface area contributed by atoms with Crippen LogP contribution >= 0.6 is 0 Å². The van der Waals surface area contributed by atoms with Gasteiger partial charge < -0.3 is 0 Å². The van der Waals surface area contributed by atoms with Gasteiger partial charge >= 0.3 is 0 Å². The van der Waals surface area contributed by atoms with Crippen LogP contribution in [0.3, 0.4) is 0 Å². The van der Waals surface area contributed by atoms with E-state index in [1.165, 1.54) is 15.9 Å². The lowest BCUT2D eigenvalue weighted by molar-refractivity contribution is -0.125. The normalized spacial score (nSPS) is 10.8. The van der Waals surface area contributed by atoms with Crippen LogP contribution in [-0.2, 0) is 11.3 Å². The summed E-state index contributed by atoms with van der Waals surface area (Å²) >= 11 is 0. The number of carbonyl (C=O) groups excluding carboxylic acids is 1. The van der Waals surface area contributed by atoms with Crippen LogP contribution in [0.15, 0.2) is 35.4 Å². The molecule has 0 aliphatic carbocycles. The topological polar surface area (TPSA) is 67.2 Å². The number of hydrogen-bond donors (Lipinski definition) is 1. The summed E-state index contributed by atoms with van der Waals surface area (Å²) in [6.07, 6.45) is 1.39. The zero-order valence-corrected chi connectivity index (χ0v) is 10.3. The van der Waals surface area contributed by atoms with Crippen LogP contribution in [0.4, 0.5) is 0 Å². The summed E-state index contributed by atoms with van der Waals surface area (Å²) in [5.74, 6) is -0.265. The Bertz CT molecular complexity index is 633. The maximum absolute atomic E-state index is 12.1. The molecule has 6 nitrogen and oxygen atoms in total. The number of aromatic nitrogens is 2. The Morgan fingerprint density at radius 2 is 2.11 bits per heavy atom. The second kappa shape index (κ2) is 4.97. The first-order valence-electron chi connectivity index (χ1n) is 5.49. The predicted octanol–water partition coefficient (Wildman–Crippen LogP) is -0.0107. The van der Waals surface area contributed by atoms with Crippen molar-refractivity contribution >= 4 is 16.8 Å². The van der Waals surface area contributed by atoms with Gasteiger partial charge in [0.05, 0.1) is 17.2 Å². The molecule has 1 N–H and O–H groups in total. The first-order chi connectivity index (χ1) is 8.58. The molecule has 0 fully saturated rings. The minimum absolute atomic E-state index is 0.0468. The van der Waals surface area contributed by atoms with Gasteiger partial charge in [0.1, 0.15) is 6.54 Å². The number of benzene rings is 1. The molecule has 1 aromatic heterocycles. The summed E-state index contributed by atoms with van der Waals surface area (Å²) in [5.41, 5.74) is 2.99. The van der Waals surface area contributed by atoms with Crippen molar-refractivity contribution in [3.05, 3.63) is 40.9 Å². The minimum atomic E-state index is -0.265. The summed E-state index contributed by atoms with van der Waals surface area (Å²) in [4.78, 5) is 27.8. The third kappa shape index (κ3) is 2.54. The lowest BCUT2D eigenvalue weighted by Crippen LogP contribution is -2.40. The van der Waals surface area contributed by atoms with Crippen LogP contribution in [0, 0.1) is 0 Å². The Morgan fingerprint density at radius 1 is 1.39 bits per heavy atom. The highest BCUT2D eigenvalue weighted by Gasteiger charge is 2.07. The van der Waals surface area contributed by atoms with Gasteiger partial charge in [0.25, 0.3) is 11.5 Å². The Labute approximate surface area is 104 Å². The Kier molecular flexibility index (Phi) is 3.38. The number of rotatable bonds is 3. The van der Waals surface area contributed by atoms with Crippen molar-refractivity contribution in [3.63, 3.8) is 0 Å². The van der Waals surface area contributed by atoms with Gasteiger partial charge in [-0.3, -0.25) is 19.6 Å². The molecule has 0 saturated heterocycles. The fourth-order valence-electron chi connectivity index (χ4n) is 1.66. The molecule has 0 unspecified atom stereocenters. The SMILES string of the molecule is CN(C)NC(=O)Cn1cnc2ccccc2c1=O. The summed E-state index contributed by atoms with van der Waals surface area (Å²) in [7, 11) is 3.42. The maximum Gasteiger partial charge on any atom is 0.261 e.